The van der Waals surface area contributed by atoms with Crippen molar-refractivity contribution in [2.45, 2.75) is 6.92 Å². The topological polar surface area (TPSA) is 99.9 Å². The number of aryl methyl sites for hydroxylation is 1. The van der Waals surface area contributed by atoms with Gasteiger partial charge in [0.2, 0.25) is 5.88 Å². The van der Waals surface area contributed by atoms with Crippen molar-refractivity contribution in [3.05, 3.63) is 24.2 Å². The summed E-state index contributed by atoms with van der Waals surface area (Å²) in [6.07, 6.45) is 1.38. The van der Waals surface area contributed by atoms with E-state index >= 15 is 0 Å². The van der Waals surface area contributed by atoms with Gasteiger partial charge in [-0.25, -0.2) is 15.0 Å². The third kappa shape index (κ3) is 1.96. The van der Waals surface area contributed by atoms with Crippen molar-refractivity contribution in [3.8, 4) is 17.1 Å². The fourth-order valence-electron chi connectivity index (χ4n) is 1.53. The highest BCUT2D eigenvalue weighted by Gasteiger charge is 2.11. The van der Waals surface area contributed by atoms with Crippen molar-refractivity contribution >= 4 is 11.5 Å². The van der Waals surface area contributed by atoms with Crippen LogP contribution >= 0.6 is 0 Å². The van der Waals surface area contributed by atoms with Gasteiger partial charge in [0, 0.05) is 11.6 Å². The van der Waals surface area contributed by atoms with E-state index in [1.165, 1.54) is 6.33 Å². The number of aromatic nitrogens is 3. The number of hydrogen-bond acceptors (Lipinski definition) is 6. The van der Waals surface area contributed by atoms with Crippen molar-refractivity contribution in [2.75, 3.05) is 18.6 Å². The molecule has 0 fully saturated rings. The first kappa shape index (κ1) is 11.1. The van der Waals surface area contributed by atoms with E-state index in [1.807, 2.05) is 13.0 Å². The van der Waals surface area contributed by atoms with E-state index < -0.39 is 0 Å². The Morgan fingerprint density at radius 3 is 2.59 bits per heavy atom. The van der Waals surface area contributed by atoms with Gasteiger partial charge in [-0.05, 0) is 13.0 Å². The van der Waals surface area contributed by atoms with Gasteiger partial charge in [-0.1, -0.05) is 0 Å². The minimum Gasteiger partial charge on any atom is -0.481 e. The Hall–Kier alpha value is -2.37. The molecule has 4 N–H and O–H groups in total. The quantitative estimate of drug-likeness (QED) is 0.800. The summed E-state index contributed by atoms with van der Waals surface area (Å²) >= 11 is 0. The molecule has 88 valence electrons. The Labute approximate surface area is 98.7 Å². The molecule has 6 heteroatoms. The van der Waals surface area contributed by atoms with Crippen LogP contribution in [0.15, 0.2) is 18.5 Å². The van der Waals surface area contributed by atoms with Crippen LogP contribution in [0.3, 0.4) is 0 Å². The highest BCUT2D eigenvalue weighted by atomic mass is 16.5. The van der Waals surface area contributed by atoms with Crippen LogP contribution in [0.25, 0.3) is 11.3 Å². The molecule has 0 saturated heterocycles. The lowest BCUT2D eigenvalue weighted by Crippen LogP contribution is -2.03. The Bertz CT molecular complexity index is 556. The summed E-state index contributed by atoms with van der Waals surface area (Å²) < 4.78 is 5.04. The number of rotatable bonds is 2. The Kier molecular flexibility index (Phi) is 2.78. The molecule has 0 unspecified atom stereocenters. The minimum atomic E-state index is 0.269. The van der Waals surface area contributed by atoms with Gasteiger partial charge in [0.25, 0.3) is 0 Å². The first-order chi connectivity index (χ1) is 8.13. The average Bonchev–Trinajstić information content (AvgIpc) is 2.33. The molecule has 0 aliphatic carbocycles. The summed E-state index contributed by atoms with van der Waals surface area (Å²) in [5.74, 6) is 0.817. The molecule has 2 aromatic heterocycles. The molecule has 2 aromatic rings. The van der Waals surface area contributed by atoms with Crippen molar-refractivity contribution in [1.82, 2.24) is 15.0 Å². The molecular formula is C11H13N5O. The Morgan fingerprint density at radius 1 is 1.18 bits per heavy atom. The molecule has 2 rings (SSSR count). The van der Waals surface area contributed by atoms with E-state index in [2.05, 4.69) is 15.0 Å². The number of nitrogens with zero attached hydrogens (tertiary/aromatic N) is 3. The molecule has 0 spiro atoms. The van der Waals surface area contributed by atoms with Crippen molar-refractivity contribution in [1.29, 1.82) is 0 Å². The van der Waals surface area contributed by atoms with E-state index in [1.54, 1.807) is 13.2 Å². The van der Waals surface area contributed by atoms with Gasteiger partial charge in [-0.3, -0.25) is 0 Å². The number of hydrogen-bond donors (Lipinski definition) is 2. The van der Waals surface area contributed by atoms with Crippen LogP contribution in [0, 0.1) is 6.92 Å². The Morgan fingerprint density at radius 2 is 1.94 bits per heavy atom. The largest absolute Gasteiger partial charge is 0.481 e. The van der Waals surface area contributed by atoms with Gasteiger partial charge < -0.3 is 16.2 Å². The summed E-state index contributed by atoms with van der Waals surface area (Å²) in [5.41, 5.74) is 14.0. The maximum Gasteiger partial charge on any atom is 0.213 e. The SMILES string of the molecule is COc1ccc(-c2ncnc(N)c2N)c(C)n1. The fraction of sp³-hybridized carbons (Fsp3) is 0.182. The van der Waals surface area contributed by atoms with E-state index in [0.29, 0.717) is 17.3 Å². The molecule has 0 aliphatic rings. The molecule has 2 heterocycles. The maximum absolute atomic E-state index is 5.85. The highest BCUT2D eigenvalue weighted by Crippen LogP contribution is 2.29. The Balaban J connectivity index is 2.57. The third-order valence-corrected chi connectivity index (χ3v) is 2.44. The second kappa shape index (κ2) is 4.25. The van der Waals surface area contributed by atoms with Crippen LogP contribution in [0.4, 0.5) is 11.5 Å². The van der Waals surface area contributed by atoms with Gasteiger partial charge >= 0.3 is 0 Å². The zero-order valence-electron chi connectivity index (χ0n) is 9.64. The molecule has 0 saturated carbocycles. The van der Waals surface area contributed by atoms with Crippen molar-refractivity contribution in [3.63, 3.8) is 0 Å². The van der Waals surface area contributed by atoms with E-state index in [0.717, 1.165) is 11.3 Å². The molecule has 0 bridgehead atoms. The van der Waals surface area contributed by atoms with E-state index in [-0.39, 0.29) is 5.82 Å². The molecule has 0 aliphatic heterocycles. The van der Waals surface area contributed by atoms with Crippen LogP contribution in [-0.4, -0.2) is 22.1 Å². The second-order valence-electron chi connectivity index (χ2n) is 3.51. The van der Waals surface area contributed by atoms with Crippen molar-refractivity contribution < 1.29 is 4.74 Å². The number of pyridine rings is 1. The number of nitrogen functional groups attached to an aromatic ring is 2. The number of ether oxygens (including phenoxy) is 1. The standard InChI is InChI=1S/C11H13N5O/c1-6-7(3-4-8(16-6)17-2)10-9(12)11(13)15-5-14-10/h3-5H,12H2,1-2H3,(H2,13,14,15). The number of nitrogens with two attached hydrogens (primary N) is 2. The molecule has 0 aromatic carbocycles. The van der Waals surface area contributed by atoms with E-state index in [9.17, 15) is 0 Å². The van der Waals surface area contributed by atoms with Gasteiger partial charge in [0.15, 0.2) is 5.82 Å². The highest BCUT2D eigenvalue weighted by molar-refractivity contribution is 5.80. The third-order valence-electron chi connectivity index (χ3n) is 2.44. The summed E-state index contributed by atoms with van der Waals surface area (Å²) in [6, 6.07) is 3.60. The zero-order valence-corrected chi connectivity index (χ0v) is 9.64. The first-order valence-electron chi connectivity index (χ1n) is 5.01. The predicted octanol–water partition coefficient (Wildman–Crippen LogP) is 1.02. The summed E-state index contributed by atoms with van der Waals surface area (Å²) in [6.45, 7) is 1.86. The number of anilines is 2. The summed E-state index contributed by atoms with van der Waals surface area (Å²) in [4.78, 5) is 12.2. The van der Waals surface area contributed by atoms with E-state index in [4.69, 9.17) is 16.2 Å². The minimum absolute atomic E-state index is 0.269. The predicted molar refractivity (Wildman–Crippen MR) is 65.4 cm³/mol. The van der Waals surface area contributed by atoms with Gasteiger partial charge in [-0.15, -0.1) is 0 Å². The fourth-order valence-corrected chi connectivity index (χ4v) is 1.53. The van der Waals surface area contributed by atoms with Crippen molar-refractivity contribution in [2.24, 2.45) is 0 Å². The van der Waals surface area contributed by atoms with Gasteiger partial charge in [-0.2, -0.15) is 0 Å². The lowest BCUT2D eigenvalue weighted by atomic mass is 10.1. The average molecular weight is 231 g/mol. The monoisotopic (exact) mass is 231 g/mol. The van der Waals surface area contributed by atoms with Crippen LogP contribution < -0.4 is 16.2 Å². The lowest BCUT2D eigenvalue weighted by molar-refractivity contribution is 0.397. The maximum atomic E-state index is 5.85. The molecule has 0 radical (unpaired) electrons. The van der Waals surface area contributed by atoms with Gasteiger partial charge in [0.1, 0.15) is 17.7 Å². The summed E-state index contributed by atoms with van der Waals surface area (Å²) in [7, 11) is 1.57. The van der Waals surface area contributed by atoms with Crippen LogP contribution in [0.5, 0.6) is 5.88 Å². The lowest BCUT2D eigenvalue weighted by Gasteiger charge is -2.09. The second-order valence-corrected chi connectivity index (χ2v) is 3.51. The van der Waals surface area contributed by atoms with Crippen LogP contribution in [0.2, 0.25) is 0 Å². The molecule has 0 amide bonds. The van der Waals surface area contributed by atoms with Crippen LogP contribution in [-0.2, 0) is 0 Å². The molecule has 17 heavy (non-hydrogen) atoms. The summed E-state index contributed by atoms with van der Waals surface area (Å²) in [5, 5.41) is 0. The zero-order chi connectivity index (χ0) is 12.4. The first-order valence-corrected chi connectivity index (χ1v) is 5.01. The number of methoxy groups -OCH3 is 1. The molecule has 0 atom stereocenters. The van der Waals surface area contributed by atoms with Crippen LogP contribution in [0.1, 0.15) is 5.69 Å². The normalized spacial score (nSPS) is 10.2. The smallest absolute Gasteiger partial charge is 0.213 e. The molecular weight excluding hydrogens is 218 g/mol. The molecule has 6 nitrogen and oxygen atoms in total. The van der Waals surface area contributed by atoms with Gasteiger partial charge in [0.05, 0.1) is 12.8 Å².